The van der Waals surface area contributed by atoms with Crippen molar-refractivity contribution in [2.75, 3.05) is 6.54 Å². The average molecular weight is 224 g/mol. The number of fused-ring (bicyclic) bond motifs is 1. The lowest BCUT2D eigenvalue weighted by Gasteiger charge is -2.28. The maximum atomic E-state index is 11.8. The summed E-state index contributed by atoms with van der Waals surface area (Å²) in [6.45, 7) is 5.57. The Labute approximate surface area is 94.1 Å². The van der Waals surface area contributed by atoms with Crippen molar-refractivity contribution in [3.05, 3.63) is 21.9 Å². The van der Waals surface area contributed by atoms with E-state index in [-0.39, 0.29) is 12.1 Å². The van der Waals surface area contributed by atoms with Crippen LogP contribution < -0.4 is 5.32 Å². The van der Waals surface area contributed by atoms with Gasteiger partial charge in [-0.05, 0) is 37.3 Å². The first-order chi connectivity index (χ1) is 7.16. The zero-order valence-electron chi connectivity index (χ0n) is 9.12. The minimum atomic E-state index is 0.0573. The summed E-state index contributed by atoms with van der Waals surface area (Å²) in [6.07, 6.45) is 0.999. The molecule has 15 heavy (non-hydrogen) atoms. The summed E-state index contributed by atoms with van der Waals surface area (Å²) < 4.78 is 0. The first-order valence-corrected chi connectivity index (χ1v) is 6.15. The molecule has 4 heteroatoms. The summed E-state index contributed by atoms with van der Waals surface area (Å²) >= 11 is 1.79. The van der Waals surface area contributed by atoms with Crippen LogP contribution in [0.3, 0.4) is 0 Å². The number of amides is 2. The van der Waals surface area contributed by atoms with Crippen LogP contribution in [0.2, 0.25) is 0 Å². The van der Waals surface area contributed by atoms with Crippen LogP contribution in [0.5, 0.6) is 0 Å². The van der Waals surface area contributed by atoms with Crippen LogP contribution >= 0.6 is 11.3 Å². The van der Waals surface area contributed by atoms with E-state index in [0.717, 1.165) is 19.5 Å². The second-order valence-electron chi connectivity index (χ2n) is 4.14. The van der Waals surface area contributed by atoms with Crippen LogP contribution in [0.4, 0.5) is 4.79 Å². The predicted octanol–water partition coefficient (Wildman–Crippen LogP) is 2.22. The van der Waals surface area contributed by atoms with Crippen molar-refractivity contribution in [1.29, 1.82) is 0 Å². The molecule has 0 spiro atoms. The maximum Gasteiger partial charge on any atom is 0.317 e. The van der Waals surface area contributed by atoms with E-state index in [0.29, 0.717) is 0 Å². The standard InChI is InChI=1S/C11H16N2OS/c1-8(2)12-11(14)13-5-3-10-9(7-13)4-6-15-10/h4,6,8H,3,5,7H2,1-2H3,(H,12,14). The van der Waals surface area contributed by atoms with Crippen molar-refractivity contribution >= 4 is 17.4 Å². The number of carbonyl (C=O) groups excluding carboxylic acids is 1. The molecule has 1 aromatic rings. The summed E-state index contributed by atoms with van der Waals surface area (Å²) in [5.41, 5.74) is 1.31. The van der Waals surface area contributed by atoms with Gasteiger partial charge in [-0.1, -0.05) is 0 Å². The quantitative estimate of drug-likeness (QED) is 0.779. The molecule has 0 aliphatic carbocycles. The van der Waals surface area contributed by atoms with Crippen LogP contribution in [0, 0.1) is 0 Å². The predicted molar refractivity (Wildman–Crippen MR) is 62.1 cm³/mol. The van der Waals surface area contributed by atoms with Gasteiger partial charge in [0, 0.05) is 24.0 Å². The molecule has 1 N–H and O–H groups in total. The minimum absolute atomic E-state index is 0.0573. The fraction of sp³-hybridized carbons (Fsp3) is 0.545. The molecule has 0 aromatic carbocycles. The van der Waals surface area contributed by atoms with Crippen molar-refractivity contribution < 1.29 is 4.79 Å². The van der Waals surface area contributed by atoms with Gasteiger partial charge in [0.25, 0.3) is 0 Å². The third kappa shape index (κ3) is 2.31. The molecule has 2 rings (SSSR count). The molecule has 0 saturated carbocycles. The lowest BCUT2D eigenvalue weighted by Crippen LogP contribution is -2.44. The number of hydrogen-bond acceptors (Lipinski definition) is 2. The van der Waals surface area contributed by atoms with E-state index in [9.17, 15) is 4.79 Å². The highest BCUT2D eigenvalue weighted by atomic mass is 32.1. The van der Waals surface area contributed by atoms with Gasteiger partial charge in [0.15, 0.2) is 0 Å². The Balaban J connectivity index is 2.00. The summed E-state index contributed by atoms with van der Waals surface area (Å²) in [7, 11) is 0. The minimum Gasteiger partial charge on any atom is -0.336 e. The van der Waals surface area contributed by atoms with Crippen LogP contribution in [0.1, 0.15) is 24.3 Å². The Morgan fingerprint density at radius 3 is 3.13 bits per heavy atom. The molecule has 0 unspecified atom stereocenters. The van der Waals surface area contributed by atoms with Crippen LogP contribution in [0.15, 0.2) is 11.4 Å². The molecule has 3 nitrogen and oxygen atoms in total. The fourth-order valence-electron chi connectivity index (χ4n) is 1.76. The molecular formula is C11H16N2OS. The topological polar surface area (TPSA) is 32.3 Å². The van der Waals surface area contributed by atoms with Gasteiger partial charge < -0.3 is 10.2 Å². The number of carbonyl (C=O) groups is 1. The number of nitrogens with zero attached hydrogens (tertiary/aromatic N) is 1. The Kier molecular flexibility index (Phi) is 2.95. The highest BCUT2D eigenvalue weighted by Gasteiger charge is 2.21. The fourth-order valence-corrected chi connectivity index (χ4v) is 2.65. The Bertz CT molecular complexity index is 359. The number of hydrogen-bond donors (Lipinski definition) is 1. The van der Waals surface area contributed by atoms with Gasteiger partial charge in [-0.2, -0.15) is 0 Å². The lowest BCUT2D eigenvalue weighted by molar-refractivity contribution is 0.190. The molecular weight excluding hydrogens is 208 g/mol. The largest absolute Gasteiger partial charge is 0.336 e. The number of urea groups is 1. The summed E-state index contributed by atoms with van der Waals surface area (Å²) in [5.74, 6) is 0. The molecule has 0 fully saturated rings. The van der Waals surface area contributed by atoms with Crippen molar-refractivity contribution in [1.82, 2.24) is 10.2 Å². The molecule has 1 aromatic heterocycles. The normalized spacial score (nSPS) is 15.3. The summed E-state index contributed by atoms with van der Waals surface area (Å²) in [4.78, 5) is 15.1. The van der Waals surface area contributed by atoms with Crippen molar-refractivity contribution in [3.8, 4) is 0 Å². The Morgan fingerprint density at radius 1 is 1.60 bits per heavy atom. The smallest absolute Gasteiger partial charge is 0.317 e. The molecule has 1 aliphatic rings. The molecule has 2 heterocycles. The van der Waals surface area contributed by atoms with Gasteiger partial charge in [-0.25, -0.2) is 4.79 Å². The third-order valence-corrected chi connectivity index (χ3v) is 3.53. The van der Waals surface area contributed by atoms with Crippen LogP contribution in [0.25, 0.3) is 0 Å². The lowest BCUT2D eigenvalue weighted by atomic mass is 10.1. The van der Waals surface area contributed by atoms with E-state index in [1.165, 1.54) is 10.4 Å². The van der Waals surface area contributed by atoms with Gasteiger partial charge in [-0.3, -0.25) is 0 Å². The van der Waals surface area contributed by atoms with Crippen molar-refractivity contribution in [3.63, 3.8) is 0 Å². The van der Waals surface area contributed by atoms with E-state index in [2.05, 4.69) is 16.8 Å². The van der Waals surface area contributed by atoms with Gasteiger partial charge in [-0.15, -0.1) is 11.3 Å². The monoisotopic (exact) mass is 224 g/mol. The average Bonchev–Trinajstić information content (AvgIpc) is 2.62. The zero-order valence-corrected chi connectivity index (χ0v) is 9.93. The van der Waals surface area contributed by atoms with E-state index in [4.69, 9.17) is 0 Å². The van der Waals surface area contributed by atoms with Gasteiger partial charge >= 0.3 is 6.03 Å². The van der Waals surface area contributed by atoms with E-state index >= 15 is 0 Å². The first-order valence-electron chi connectivity index (χ1n) is 5.27. The van der Waals surface area contributed by atoms with Gasteiger partial charge in [0.05, 0.1) is 0 Å². The van der Waals surface area contributed by atoms with E-state index in [1.54, 1.807) is 11.3 Å². The summed E-state index contributed by atoms with van der Waals surface area (Å²) in [6, 6.07) is 2.39. The van der Waals surface area contributed by atoms with Crippen LogP contribution in [-0.4, -0.2) is 23.5 Å². The third-order valence-electron chi connectivity index (χ3n) is 2.51. The van der Waals surface area contributed by atoms with Crippen LogP contribution in [-0.2, 0) is 13.0 Å². The van der Waals surface area contributed by atoms with E-state index in [1.807, 2.05) is 18.7 Å². The van der Waals surface area contributed by atoms with Crippen molar-refractivity contribution in [2.24, 2.45) is 0 Å². The molecule has 2 amide bonds. The molecule has 0 bridgehead atoms. The Hall–Kier alpha value is -1.03. The molecule has 0 radical (unpaired) electrons. The first kappa shape index (κ1) is 10.5. The van der Waals surface area contributed by atoms with Gasteiger partial charge in [0.2, 0.25) is 0 Å². The number of rotatable bonds is 1. The number of nitrogens with one attached hydrogen (secondary N) is 1. The highest BCUT2D eigenvalue weighted by Crippen LogP contribution is 2.23. The zero-order chi connectivity index (χ0) is 10.8. The molecule has 0 atom stereocenters. The second kappa shape index (κ2) is 4.23. The second-order valence-corrected chi connectivity index (χ2v) is 5.15. The highest BCUT2D eigenvalue weighted by molar-refractivity contribution is 7.10. The molecule has 82 valence electrons. The molecule has 1 aliphatic heterocycles. The Morgan fingerprint density at radius 2 is 2.40 bits per heavy atom. The summed E-state index contributed by atoms with van der Waals surface area (Å²) in [5, 5.41) is 5.03. The number of thiophene rings is 1. The SMILES string of the molecule is CC(C)NC(=O)N1CCc2sccc2C1. The van der Waals surface area contributed by atoms with E-state index < -0.39 is 0 Å². The van der Waals surface area contributed by atoms with Crippen molar-refractivity contribution in [2.45, 2.75) is 32.9 Å². The van der Waals surface area contributed by atoms with Gasteiger partial charge in [0.1, 0.15) is 0 Å². The molecule has 0 saturated heterocycles. The maximum absolute atomic E-state index is 11.8.